The van der Waals surface area contributed by atoms with Gasteiger partial charge in [-0.1, -0.05) is 32.0 Å². The van der Waals surface area contributed by atoms with E-state index >= 15 is 0 Å². The monoisotopic (exact) mass is 182 g/mol. The summed E-state index contributed by atoms with van der Waals surface area (Å²) in [5.41, 5.74) is 4.00. The van der Waals surface area contributed by atoms with Gasteiger partial charge >= 0.3 is 0 Å². The molecule has 0 spiro atoms. The Labute approximate surface area is 81.4 Å². The number of hydrogen-bond acceptors (Lipinski definition) is 1. The SMILES string of the molecule is CC.Cc1ccc(CS)cc1C. The van der Waals surface area contributed by atoms with Crippen LogP contribution in [0.5, 0.6) is 0 Å². The minimum absolute atomic E-state index is 0.834. The summed E-state index contributed by atoms with van der Waals surface area (Å²) in [6.07, 6.45) is 0. The zero-order chi connectivity index (χ0) is 9.56. The lowest BCUT2D eigenvalue weighted by Crippen LogP contribution is -1.83. The number of aryl methyl sites for hydroxylation is 2. The van der Waals surface area contributed by atoms with Crippen LogP contribution in [0.25, 0.3) is 0 Å². The molecule has 1 heteroatoms. The maximum absolute atomic E-state index is 4.19. The van der Waals surface area contributed by atoms with Gasteiger partial charge in [-0.25, -0.2) is 0 Å². The molecule has 0 amide bonds. The molecule has 0 aromatic heterocycles. The third kappa shape index (κ3) is 3.31. The molecule has 0 fully saturated rings. The average Bonchev–Trinajstić information content (AvgIpc) is 2.13. The van der Waals surface area contributed by atoms with Crippen LogP contribution in [0.1, 0.15) is 30.5 Å². The molecule has 0 saturated heterocycles. The summed E-state index contributed by atoms with van der Waals surface area (Å²) in [6, 6.07) is 6.44. The molecule has 1 aromatic carbocycles. The molecule has 12 heavy (non-hydrogen) atoms. The summed E-state index contributed by atoms with van der Waals surface area (Å²) < 4.78 is 0. The van der Waals surface area contributed by atoms with Gasteiger partial charge in [0.1, 0.15) is 0 Å². The lowest BCUT2D eigenvalue weighted by atomic mass is 10.1. The summed E-state index contributed by atoms with van der Waals surface area (Å²) >= 11 is 4.19. The van der Waals surface area contributed by atoms with Crippen LogP contribution in [0.2, 0.25) is 0 Å². The topological polar surface area (TPSA) is 0 Å². The van der Waals surface area contributed by atoms with Crippen LogP contribution >= 0.6 is 12.6 Å². The van der Waals surface area contributed by atoms with Crippen molar-refractivity contribution in [2.45, 2.75) is 33.4 Å². The van der Waals surface area contributed by atoms with Crippen molar-refractivity contribution >= 4 is 12.6 Å². The molecule has 0 aliphatic rings. The number of benzene rings is 1. The van der Waals surface area contributed by atoms with Gasteiger partial charge in [-0.15, -0.1) is 0 Å². The highest BCUT2D eigenvalue weighted by Gasteiger charge is 1.92. The van der Waals surface area contributed by atoms with E-state index in [1.165, 1.54) is 16.7 Å². The van der Waals surface area contributed by atoms with Crippen LogP contribution in [-0.2, 0) is 5.75 Å². The van der Waals surface area contributed by atoms with E-state index in [4.69, 9.17) is 0 Å². The van der Waals surface area contributed by atoms with Gasteiger partial charge in [0, 0.05) is 5.75 Å². The molecule has 0 aliphatic carbocycles. The summed E-state index contributed by atoms with van der Waals surface area (Å²) in [6.45, 7) is 8.25. The predicted octanol–water partition coefficient (Wildman–Crippen LogP) is 3.76. The molecule has 0 saturated carbocycles. The van der Waals surface area contributed by atoms with Gasteiger partial charge in [-0.05, 0) is 30.5 Å². The van der Waals surface area contributed by atoms with E-state index < -0.39 is 0 Å². The van der Waals surface area contributed by atoms with Crippen molar-refractivity contribution < 1.29 is 0 Å². The number of rotatable bonds is 1. The molecular weight excluding hydrogens is 164 g/mol. The Morgan fingerprint density at radius 1 is 1.08 bits per heavy atom. The van der Waals surface area contributed by atoms with Crippen LogP contribution in [0, 0.1) is 13.8 Å². The summed E-state index contributed by atoms with van der Waals surface area (Å²) in [4.78, 5) is 0. The van der Waals surface area contributed by atoms with Gasteiger partial charge in [0.25, 0.3) is 0 Å². The smallest absolute Gasteiger partial charge is 0.0154 e. The molecule has 0 radical (unpaired) electrons. The normalized spacial score (nSPS) is 8.75. The zero-order valence-electron chi connectivity index (χ0n) is 8.39. The number of hydrogen-bond donors (Lipinski definition) is 1. The van der Waals surface area contributed by atoms with Crippen molar-refractivity contribution in [2.24, 2.45) is 0 Å². The molecule has 0 atom stereocenters. The lowest BCUT2D eigenvalue weighted by Gasteiger charge is -2.00. The Balaban J connectivity index is 0.000000561. The molecule has 1 rings (SSSR count). The highest BCUT2D eigenvalue weighted by molar-refractivity contribution is 7.79. The Morgan fingerprint density at radius 2 is 1.67 bits per heavy atom. The quantitative estimate of drug-likeness (QED) is 0.628. The van der Waals surface area contributed by atoms with Gasteiger partial charge in [0.05, 0.1) is 0 Å². The second-order valence-corrected chi connectivity index (χ2v) is 2.89. The first-order chi connectivity index (χ1) is 5.74. The summed E-state index contributed by atoms with van der Waals surface area (Å²) in [7, 11) is 0. The van der Waals surface area contributed by atoms with E-state index in [0.717, 1.165) is 5.75 Å². The summed E-state index contributed by atoms with van der Waals surface area (Å²) in [5, 5.41) is 0. The Hall–Kier alpha value is -0.430. The third-order valence-electron chi connectivity index (χ3n) is 1.75. The van der Waals surface area contributed by atoms with E-state index in [-0.39, 0.29) is 0 Å². The van der Waals surface area contributed by atoms with Crippen molar-refractivity contribution in [2.75, 3.05) is 0 Å². The molecule has 0 bridgehead atoms. The van der Waals surface area contributed by atoms with Gasteiger partial charge in [-0.3, -0.25) is 0 Å². The first-order valence-corrected chi connectivity index (χ1v) is 5.04. The Morgan fingerprint density at radius 3 is 2.08 bits per heavy atom. The van der Waals surface area contributed by atoms with E-state index in [1.807, 2.05) is 13.8 Å². The lowest BCUT2D eigenvalue weighted by molar-refractivity contribution is 1.29. The highest BCUT2D eigenvalue weighted by atomic mass is 32.1. The minimum atomic E-state index is 0.834. The standard InChI is InChI=1S/C9H12S.C2H6/c1-7-3-4-9(6-10)5-8(7)2;1-2/h3-5,10H,6H2,1-2H3;1-2H3. The molecule has 0 aliphatic heterocycles. The van der Waals surface area contributed by atoms with Crippen molar-refractivity contribution in [3.05, 3.63) is 34.9 Å². The van der Waals surface area contributed by atoms with Crippen LogP contribution in [0.4, 0.5) is 0 Å². The first kappa shape index (κ1) is 11.6. The fourth-order valence-electron chi connectivity index (χ4n) is 0.902. The van der Waals surface area contributed by atoms with Crippen LogP contribution in [0.15, 0.2) is 18.2 Å². The molecule has 1 aromatic rings. The maximum Gasteiger partial charge on any atom is 0.0154 e. The van der Waals surface area contributed by atoms with Crippen LogP contribution in [0.3, 0.4) is 0 Å². The second-order valence-electron chi connectivity index (χ2n) is 2.58. The fraction of sp³-hybridized carbons (Fsp3) is 0.455. The largest absolute Gasteiger partial charge is 0.175 e. The molecule has 0 unspecified atom stereocenters. The Bertz CT molecular complexity index is 228. The van der Waals surface area contributed by atoms with Crippen molar-refractivity contribution in [1.82, 2.24) is 0 Å². The predicted molar refractivity (Wildman–Crippen MR) is 60.0 cm³/mol. The van der Waals surface area contributed by atoms with Gasteiger partial charge < -0.3 is 0 Å². The molecule has 68 valence electrons. The second kappa shape index (κ2) is 6.13. The summed E-state index contributed by atoms with van der Waals surface area (Å²) in [5.74, 6) is 0.834. The highest BCUT2D eigenvalue weighted by Crippen LogP contribution is 2.10. The molecule has 0 N–H and O–H groups in total. The fourth-order valence-corrected chi connectivity index (χ4v) is 1.10. The van der Waals surface area contributed by atoms with E-state index in [9.17, 15) is 0 Å². The molecule has 0 nitrogen and oxygen atoms in total. The van der Waals surface area contributed by atoms with E-state index in [2.05, 4.69) is 44.7 Å². The van der Waals surface area contributed by atoms with Crippen LogP contribution in [-0.4, -0.2) is 0 Å². The van der Waals surface area contributed by atoms with Crippen molar-refractivity contribution in [3.8, 4) is 0 Å². The minimum Gasteiger partial charge on any atom is -0.175 e. The Kier molecular flexibility index (Phi) is 5.91. The molecular formula is C11H18S. The van der Waals surface area contributed by atoms with Crippen LogP contribution < -0.4 is 0 Å². The van der Waals surface area contributed by atoms with Gasteiger partial charge in [0.15, 0.2) is 0 Å². The van der Waals surface area contributed by atoms with Crippen molar-refractivity contribution in [1.29, 1.82) is 0 Å². The van der Waals surface area contributed by atoms with Gasteiger partial charge in [0.2, 0.25) is 0 Å². The maximum atomic E-state index is 4.19. The van der Waals surface area contributed by atoms with Gasteiger partial charge in [-0.2, -0.15) is 12.6 Å². The van der Waals surface area contributed by atoms with E-state index in [0.29, 0.717) is 0 Å². The number of thiol groups is 1. The zero-order valence-corrected chi connectivity index (χ0v) is 9.28. The average molecular weight is 182 g/mol. The molecule has 0 heterocycles. The van der Waals surface area contributed by atoms with E-state index in [1.54, 1.807) is 0 Å². The van der Waals surface area contributed by atoms with Crippen molar-refractivity contribution in [3.63, 3.8) is 0 Å². The third-order valence-corrected chi connectivity index (χ3v) is 2.12. The first-order valence-electron chi connectivity index (χ1n) is 4.41.